The highest BCUT2D eigenvalue weighted by Gasteiger charge is 2.20. The molecule has 0 aromatic carbocycles. The molecule has 2 aromatic rings. The fourth-order valence-corrected chi connectivity index (χ4v) is 2.33. The molecule has 0 radical (unpaired) electrons. The Balaban J connectivity index is 0.00000264. The maximum absolute atomic E-state index is 12.4. The lowest BCUT2D eigenvalue weighted by Gasteiger charge is -2.16. The number of nitrogens with one attached hydrogen (secondary N) is 2. The van der Waals surface area contributed by atoms with Crippen LogP contribution in [0.5, 0.6) is 0 Å². The van der Waals surface area contributed by atoms with E-state index in [-0.39, 0.29) is 30.7 Å². The zero-order valence-electron chi connectivity index (χ0n) is 14.5. The van der Waals surface area contributed by atoms with Crippen LogP contribution in [0.25, 0.3) is 0 Å². The van der Waals surface area contributed by atoms with Crippen LogP contribution in [-0.2, 0) is 25.4 Å². The van der Waals surface area contributed by atoms with Gasteiger partial charge in [0.1, 0.15) is 6.04 Å². The summed E-state index contributed by atoms with van der Waals surface area (Å²) in [6.07, 6.45) is 5.29. The van der Waals surface area contributed by atoms with Gasteiger partial charge in [0.15, 0.2) is 0 Å². The predicted molar refractivity (Wildman–Crippen MR) is 98.9 cm³/mol. The highest BCUT2D eigenvalue weighted by Crippen LogP contribution is 2.13. The minimum atomic E-state index is -0.421. The van der Waals surface area contributed by atoms with Gasteiger partial charge < -0.3 is 20.1 Å². The molecule has 0 saturated carbocycles. The lowest BCUT2D eigenvalue weighted by atomic mass is 10.1. The molecular formula is C14H25Cl2N7O. The highest BCUT2D eigenvalue weighted by molar-refractivity contribution is 5.85. The number of aryl methyl sites for hydroxylation is 1. The third kappa shape index (κ3) is 4.86. The number of anilines is 1. The lowest BCUT2D eigenvalue weighted by molar-refractivity contribution is -0.123. The first kappa shape index (κ1) is 22.2. The molecule has 8 nitrogen and oxygen atoms in total. The summed E-state index contributed by atoms with van der Waals surface area (Å²) in [6.45, 7) is 0.425. The van der Waals surface area contributed by atoms with Crippen molar-refractivity contribution in [3.8, 4) is 0 Å². The summed E-state index contributed by atoms with van der Waals surface area (Å²) in [6, 6.07) is -0.421. The SMILES string of the molecule is CNC(C(=O)NCc1cnc(N(C)C)n1C)c1cnn(C)c1.Cl.Cl. The zero-order valence-corrected chi connectivity index (χ0v) is 16.1. The van der Waals surface area contributed by atoms with Crippen molar-refractivity contribution in [2.75, 3.05) is 26.0 Å². The number of imidazole rings is 1. The number of hydrogen-bond acceptors (Lipinski definition) is 5. The lowest BCUT2D eigenvalue weighted by Crippen LogP contribution is -2.35. The highest BCUT2D eigenvalue weighted by atomic mass is 35.5. The summed E-state index contributed by atoms with van der Waals surface area (Å²) >= 11 is 0. The van der Waals surface area contributed by atoms with Crippen molar-refractivity contribution in [2.24, 2.45) is 14.1 Å². The van der Waals surface area contributed by atoms with Gasteiger partial charge in [0.25, 0.3) is 0 Å². The molecule has 0 aliphatic rings. The topological polar surface area (TPSA) is 80.0 Å². The molecule has 0 aliphatic carbocycles. The van der Waals surface area contributed by atoms with Crippen molar-refractivity contribution in [3.63, 3.8) is 0 Å². The van der Waals surface area contributed by atoms with Crippen LogP contribution >= 0.6 is 24.8 Å². The average Bonchev–Trinajstić information content (AvgIpc) is 3.04. The van der Waals surface area contributed by atoms with Gasteiger partial charge in [-0.2, -0.15) is 5.10 Å². The predicted octanol–water partition coefficient (Wildman–Crippen LogP) is 0.640. The van der Waals surface area contributed by atoms with Crippen molar-refractivity contribution in [1.82, 2.24) is 30.0 Å². The number of halogens is 2. The number of carbonyl (C=O) groups excluding carboxylic acids is 1. The maximum Gasteiger partial charge on any atom is 0.242 e. The molecule has 0 fully saturated rings. The van der Waals surface area contributed by atoms with Crippen LogP contribution in [0.1, 0.15) is 17.3 Å². The third-order valence-electron chi connectivity index (χ3n) is 3.51. The molecule has 1 amide bonds. The summed E-state index contributed by atoms with van der Waals surface area (Å²) in [5.41, 5.74) is 1.78. The molecule has 1 unspecified atom stereocenters. The van der Waals surface area contributed by atoms with E-state index in [1.807, 2.05) is 43.9 Å². The second-order valence-corrected chi connectivity index (χ2v) is 5.39. The van der Waals surface area contributed by atoms with E-state index in [0.717, 1.165) is 17.2 Å². The molecule has 2 aromatic heterocycles. The fraction of sp³-hybridized carbons (Fsp3) is 0.500. The quantitative estimate of drug-likeness (QED) is 0.771. The number of likely N-dealkylation sites (N-methyl/N-ethyl adjacent to an activating group) is 1. The molecule has 0 saturated heterocycles. The van der Waals surface area contributed by atoms with E-state index in [4.69, 9.17) is 0 Å². The Kier molecular flexibility index (Phi) is 8.81. The van der Waals surface area contributed by atoms with Gasteiger partial charge in [-0.3, -0.25) is 9.48 Å². The number of rotatable bonds is 6. The largest absolute Gasteiger partial charge is 0.349 e. The van der Waals surface area contributed by atoms with E-state index in [9.17, 15) is 4.79 Å². The van der Waals surface area contributed by atoms with Gasteiger partial charge in [0.2, 0.25) is 11.9 Å². The Morgan fingerprint density at radius 2 is 1.96 bits per heavy atom. The second kappa shape index (κ2) is 9.51. The number of hydrogen-bond donors (Lipinski definition) is 2. The average molecular weight is 378 g/mol. The maximum atomic E-state index is 12.4. The molecule has 24 heavy (non-hydrogen) atoms. The van der Waals surface area contributed by atoms with Crippen LogP contribution in [0.4, 0.5) is 5.95 Å². The van der Waals surface area contributed by atoms with Crippen LogP contribution in [0.2, 0.25) is 0 Å². The van der Waals surface area contributed by atoms with Crippen molar-refractivity contribution < 1.29 is 4.79 Å². The number of carbonyl (C=O) groups is 1. The van der Waals surface area contributed by atoms with Crippen molar-refractivity contribution in [1.29, 1.82) is 0 Å². The molecule has 2 rings (SSSR count). The summed E-state index contributed by atoms with van der Waals surface area (Å²) in [5, 5.41) is 10.0. The van der Waals surface area contributed by atoms with Gasteiger partial charge in [0.05, 0.1) is 24.6 Å². The first-order chi connectivity index (χ1) is 10.4. The number of aromatic nitrogens is 4. The Morgan fingerprint density at radius 1 is 1.29 bits per heavy atom. The Labute approximate surface area is 154 Å². The third-order valence-corrected chi connectivity index (χ3v) is 3.51. The Bertz CT molecular complexity index is 653. The monoisotopic (exact) mass is 377 g/mol. The zero-order chi connectivity index (χ0) is 16.3. The van der Waals surface area contributed by atoms with E-state index < -0.39 is 6.04 Å². The van der Waals surface area contributed by atoms with Crippen LogP contribution < -0.4 is 15.5 Å². The molecule has 136 valence electrons. The molecular weight excluding hydrogens is 353 g/mol. The van der Waals surface area contributed by atoms with Crippen molar-refractivity contribution >= 4 is 36.7 Å². The second-order valence-electron chi connectivity index (χ2n) is 5.39. The van der Waals surface area contributed by atoms with E-state index in [1.54, 1.807) is 24.1 Å². The molecule has 2 N–H and O–H groups in total. The Hall–Kier alpha value is -1.77. The molecule has 2 heterocycles. The van der Waals surface area contributed by atoms with Gasteiger partial charge in [-0.25, -0.2) is 4.98 Å². The van der Waals surface area contributed by atoms with Crippen molar-refractivity contribution in [2.45, 2.75) is 12.6 Å². The van der Waals surface area contributed by atoms with E-state index >= 15 is 0 Å². The van der Waals surface area contributed by atoms with Crippen LogP contribution in [0.3, 0.4) is 0 Å². The number of nitrogens with zero attached hydrogens (tertiary/aromatic N) is 5. The first-order valence-electron chi connectivity index (χ1n) is 7.05. The van der Waals surface area contributed by atoms with Crippen LogP contribution in [0.15, 0.2) is 18.6 Å². The summed E-state index contributed by atoms with van der Waals surface area (Å²) in [5.74, 6) is 0.754. The molecule has 0 aliphatic heterocycles. The molecule has 1 atom stereocenters. The molecule has 0 spiro atoms. The van der Waals surface area contributed by atoms with Crippen LogP contribution in [-0.4, -0.2) is 46.4 Å². The van der Waals surface area contributed by atoms with Gasteiger partial charge in [0, 0.05) is 40.0 Å². The molecule has 10 heteroatoms. The smallest absolute Gasteiger partial charge is 0.242 e. The van der Waals surface area contributed by atoms with Gasteiger partial charge in [-0.15, -0.1) is 24.8 Å². The summed E-state index contributed by atoms with van der Waals surface area (Å²) < 4.78 is 3.64. The number of amides is 1. The van der Waals surface area contributed by atoms with Gasteiger partial charge in [-0.1, -0.05) is 0 Å². The van der Waals surface area contributed by atoms with E-state index in [2.05, 4.69) is 20.7 Å². The summed E-state index contributed by atoms with van der Waals surface area (Å²) in [4.78, 5) is 18.6. The van der Waals surface area contributed by atoms with Gasteiger partial charge >= 0.3 is 0 Å². The van der Waals surface area contributed by atoms with Crippen LogP contribution in [0, 0.1) is 0 Å². The standard InChI is InChI=1S/C14H23N7O.2ClH/c1-15-12(10-6-18-20(4)9-10)13(22)16-7-11-8-17-14(19(2)3)21(11)5;;/h6,8-9,12,15H,7H2,1-5H3,(H,16,22);2*1H. The first-order valence-corrected chi connectivity index (χ1v) is 7.05. The van der Waals surface area contributed by atoms with Crippen molar-refractivity contribution in [3.05, 3.63) is 29.8 Å². The normalized spacial score (nSPS) is 11.2. The van der Waals surface area contributed by atoms with E-state index in [1.165, 1.54) is 0 Å². The molecule has 0 bridgehead atoms. The van der Waals surface area contributed by atoms with E-state index in [0.29, 0.717) is 6.54 Å². The minimum absolute atomic E-state index is 0. The summed E-state index contributed by atoms with van der Waals surface area (Å²) in [7, 11) is 9.38. The van der Waals surface area contributed by atoms with Gasteiger partial charge in [-0.05, 0) is 7.05 Å². The fourth-order valence-electron chi connectivity index (χ4n) is 2.33. The minimum Gasteiger partial charge on any atom is -0.349 e. The Morgan fingerprint density at radius 3 is 2.42 bits per heavy atom.